The number of ether oxygens (including phenoxy) is 2. The van der Waals surface area contributed by atoms with Crippen LogP contribution in [0.3, 0.4) is 0 Å². The Bertz CT molecular complexity index is 908. The molecule has 0 N–H and O–H groups in total. The molecule has 0 unspecified atom stereocenters. The summed E-state index contributed by atoms with van der Waals surface area (Å²) in [5.41, 5.74) is -0.799. The molecule has 0 radical (unpaired) electrons. The number of hydrogen-bond donors (Lipinski definition) is 0. The smallest absolute Gasteiger partial charge is 0.410 e. The highest BCUT2D eigenvalue weighted by molar-refractivity contribution is 7.89. The fourth-order valence-electron chi connectivity index (χ4n) is 4.73. The number of hydrogen-bond acceptors (Lipinski definition) is 5. The normalized spacial score (nSPS) is 29.0. The molecule has 1 amide bonds. The van der Waals surface area contributed by atoms with Gasteiger partial charge in [0.05, 0.1) is 30.2 Å². The van der Waals surface area contributed by atoms with E-state index in [9.17, 15) is 13.2 Å². The number of carbonyl (C=O) groups excluding carboxylic acids is 1. The van der Waals surface area contributed by atoms with Gasteiger partial charge in [-0.2, -0.15) is 4.31 Å². The first kappa shape index (κ1) is 20.5. The minimum absolute atomic E-state index is 0.214. The zero-order valence-corrected chi connectivity index (χ0v) is 18.4. The Kier molecular flexibility index (Phi) is 5.24. The van der Waals surface area contributed by atoms with Crippen molar-refractivity contribution in [2.24, 2.45) is 5.92 Å². The summed E-state index contributed by atoms with van der Waals surface area (Å²) in [5.74, 6) is 0.292. The molecule has 5 rings (SSSR count). The first-order chi connectivity index (χ1) is 14.4. The van der Waals surface area contributed by atoms with E-state index in [1.165, 1.54) is 0 Å². The van der Waals surface area contributed by atoms with Crippen LogP contribution >= 0.6 is 11.6 Å². The van der Waals surface area contributed by atoms with Crippen molar-refractivity contribution in [1.29, 1.82) is 0 Å². The second kappa shape index (κ2) is 7.65. The van der Waals surface area contributed by atoms with E-state index in [4.69, 9.17) is 21.1 Å². The number of likely N-dealkylation sites (tertiary alicyclic amines) is 1. The number of sulfonamides is 1. The maximum absolute atomic E-state index is 13.7. The van der Waals surface area contributed by atoms with Crippen molar-refractivity contribution in [1.82, 2.24) is 9.21 Å². The van der Waals surface area contributed by atoms with E-state index in [1.54, 1.807) is 33.5 Å². The quantitative estimate of drug-likeness (QED) is 0.682. The average molecular weight is 455 g/mol. The lowest BCUT2D eigenvalue weighted by atomic mass is 10.0. The number of amides is 1. The van der Waals surface area contributed by atoms with Crippen LogP contribution < -0.4 is 0 Å². The third-order valence-electron chi connectivity index (χ3n) is 6.76. The van der Waals surface area contributed by atoms with E-state index in [0.717, 1.165) is 25.7 Å². The predicted molar refractivity (Wildman–Crippen MR) is 111 cm³/mol. The van der Waals surface area contributed by atoms with Crippen LogP contribution in [0.15, 0.2) is 29.2 Å². The molecule has 9 heteroatoms. The van der Waals surface area contributed by atoms with E-state index in [2.05, 4.69) is 0 Å². The summed E-state index contributed by atoms with van der Waals surface area (Å²) in [5, 5.41) is 0.490. The van der Waals surface area contributed by atoms with Gasteiger partial charge in [0, 0.05) is 18.1 Å². The zero-order chi connectivity index (χ0) is 20.9. The Labute approximate surface area is 182 Å². The SMILES string of the molecule is O=C(OC1([C@H]2COC[C@@H](C3CC3)N2S(=O)(=O)c2ccc(Cl)cc2)CC1)N1CCCC1. The molecule has 2 heterocycles. The molecule has 0 spiro atoms. The van der Waals surface area contributed by atoms with Crippen LogP contribution in [0.4, 0.5) is 4.79 Å². The first-order valence-corrected chi connectivity index (χ1v) is 12.6. The number of halogens is 1. The molecule has 4 aliphatic rings. The highest BCUT2D eigenvalue weighted by atomic mass is 35.5. The molecule has 2 saturated carbocycles. The maximum atomic E-state index is 13.7. The van der Waals surface area contributed by atoms with Crippen LogP contribution in [0, 0.1) is 5.92 Å². The number of morpholine rings is 1. The fraction of sp³-hybridized carbons (Fsp3) is 0.667. The fourth-order valence-corrected chi connectivity index (χ4v) is 6.75. The van der Waals surface area contributed by atoms with Crippen LogP contribution in [-0.2, 0) is 19.5 Å². The summed E-state index contributed by atoms with van der Waals surface area (Å²) in [6.45, 7) is 2.02. The van der Waals surface area contributed by atoms with Gasteiger partial charge in [-0.25, -0.2) is 13.2 Å². The standard InChI is InChI=1S/C21H27ClN2O5S/c22-16-5-7-17(8-6-16)30(26,27)24-18(15-3-4-15)13-28-14-19(24)21(9-10-21)29-20(25)23-11-1-2-12-23/h5-8,15,18-19H,1-4,9-14H2/t18-,19+/m0/s1. The van der Waals surface area contributed by atoms with Crippen molar-refractivity contribution < 1.29 is 22.7 Å². The van der Waals surface area contributed by atoms with Gasteiger partial charge in [-0.05, 0) is 68.7 Å². The van der Waals surface area contributed by atoms with Crippen molar-refractivity contribution in [3.8, 4) is 0 Å². The van der Waals surface area contributed by atoms with Gasteiger partial charge in [0.2, 0.25) is 10.0 Å². The Balaban J connectivity index is 1.46. The molecule has 30 heavy (non-hydrogen) atoms. The summed E-state index contributed by atoms with van der Waals surface area (Å²) < 4.78 is 41.0. The summed E-state index contributed by atoms with van der Waals surface area (Å²) in [6, 6.07) is 5.54. The highest BCUT2D eigenvalue weighted by Gasteiger charge is 2.61. The maximum Gasteiger partial charge on any atom is 0.410 e. The van der Waals surface area contributed by atoms with Crippen molar-refractivity contribution >= 4 is 27.7 Å². The van der Waals surface area contributed by atoms with E-state index in [1.807, 2.05) is 0 Å². The van der Waals surface area contributed by atoms with Gasteiger partial charge in [-0.15, -0.1) is 0 Å². The van der Waals surface area contributed by atoms with Crippen LogP contribution in [-0.4, -0.2) is 67.7 Å². The Hall–Kier alpha value is -1.35. The van der Waals surface area contributed by atoms with Gasteiger partial charge in [0.25, 0.3) is 0 Å². The summed E-state index contributed by atoms with van der Waals surface area (Å²) in [6.07, 6.45) is 4.93. The molecule has 2 aliphatic carbocycles. The monoisotopic (exact) mass is 454 g/mol. The number of carbonyl (C=O) groups is 1. The molecule has 1 aromatic carbocycles. The van der Waals surface area contributed by atoms with Gasteiger partial charge in [-0.1, -0.05) is 11.6 Å². The van der Waals surface area contributed by atoms with E-state index in [0.29, 0.717) is 43.5 Å². The highest BCUT2D eigenvalue weighted by Crippen LogP contribution is 2.50. The van der Waals surface area contributed by atoms with E-state index in [-0.39, 0.29) is 23.6 Å². The molecule has 164 valence electrons. The van der Waals surface area contributed by atoms with Crippen LogP contribution in [0.5, 0.6) is 0 Å². The number of rotatable bonds is 5. The van der Waals surface area contributed by atoms with Crippen molar-refractivity contribution in [2.45, 2.75) is 61.1 Å². The Morgan fingerprint density at radius 3 is 2.37 bits per heavy atom. The first-order valence-electron chi connectivity index (χ1n) is 10.8. The topological polar surface area (TPSA) is 76.1 Å². The van der Waals surface area contributed by atoms with Gasteiger partial charge in [0.1, 0.15) is 5.60 Å². The lowest BCUT2D eigenvalue weighted by Gasteiger charge is -2.44. The van der Waals surface area contributed by atoms with Crippen molar-refractivity contribution in [3.05, 3.63) is 29.3 Å². The molecule has 2 atom stereocenters. The number of benzene rings is 1. The van der Waals surface area contributed by atoms with Gasteiger partial charge < -0.3 is 14.4 Å². The molecule has 2 saturated heterocycles. The van der Waals surface area contributed by atoms with Crippen LogP contribution in [0.25, 0.3) is 0 Å². The average Bonchev–Trinajstić information content (AvgIpc) is 3.66. The molecule has 0 aromatic heterocycles. The third-order valence-corrected chi connectivity index (χ3v) is 8.96. The Morgan fingerprint density at radius 1 is 1.10 bits per heavy atom. The largest absolute Gasteiger partial charge is 0.441 e. The van der Waals surface area contributed by atoms with Gasteiger partial charge in [-0.3, -0.25) is 0 Å². The van der Waals surface area contributed by atoms with E-state index >= 15 is 0 Å². The van der Waals surface area contributed by atoms with Crippen LogP contribution in [0.2, 0.25) is 5.02 Å². The van der Waals surface area contributed by atoms with Crippen LogP contribution in [0.1, 0.15) is 38.5 Å². The Morgan fingerprint density at radius 2 is 1.77 bits per heavy atom. The summed E-state index contributed by atoms with van der Waals surface area (Å²) >= 11 is 5.98. The lowest BCUT2D eigenvalue weighted by Crippen LogP contribution is -2.61. The van der Waals surface area contributed by atoms with Crippen molar-refractivity contribution in [2.75, 3.05) is 26.3 Å². The molecular formula is C21H27ClN2O5S. The lowest BCUT2D eigenvalue weighted by molar-refractivity contribution is -0.0746. The third kappa shape index (κ3) is 3.72. The van der Waals surface area contributed by atoms with Gasteiger partial charge >= 0.3 is 6.09 Å². The summed E-state index contributed by atoms with van der Waals surface area (Å²) in [4.78, 5) is 14.7. The molecule has 4 fully saturated rings. The van der Waals surface area contributed by atoms with E-state index < -0.39 is 21.7 Å². The molecule has 2 aliphatic heterocycles. The number of nitrogens with zero attached hydrogens (tertiary/aromatic N) is 2. The minimum atomic E-state index is -3.79. The van der Waals surface area contributed by atoms with Crippen molar-refractivity contribution in [3.63, 3.8) is 0 Å². The minimum Gasteiger partial charge on any atom is -0.441 e. The molecule has 0 bridgehead atoms. The molecule has 7 nitrogen and oxygen atoms in total. The second-order valence-electron chi connectivity index (χ2n) is 8.87. The van der Waals surface area contributed by atoms with Gasteiger partial charge in [0.15, 0.2) is 0 Å². The molecule has 1 aromatic rings. The zero-order valence-electron chi connectivity index (χ0n) is 16.8. The second-order valence-corrected chi connectivity index (χ2v) is 11.2. The summed E-state index contributed by atoms with van der Waals surface area (Å²) in [7, 11) is -3.79. The predicted octanol–water partition coefficient (Wildman–Crippen LogP) is 3.27. The molecular weight excluding hydrogens is 428 g/mol.